The van der Waals surface area contributed by atoms with Crippen molar-refractivity contribution < 1.29 is 13.9 Å². The number of amides is 1. The molecule has 0 aromatic heterocycles. The average molecular weight is 391 g/mol. The van der Waals surface area contributed by atoms with Gasteiger partial charge in [-0.2, -0.15) is 0 Å². The molecule has 2 aliphatic carbocycles. The monoisotopic (exact) mass is 391 g/mol. The molecule has 3 unspecified atom stereocenters. The molecule has 3 aliphatic rings. The molecule has 2 N–H and O–H groups in total. The highest BCUT2D eigenvalue weighted by Gasteiger charge is 2.53. The van der Waals surface area contributed by atoms with Gasteiger partial charge in [-0.05, 0) is 91.5 Å². The molecule has 2 aromatic carbocycles. The predicted octanol–water partition coefficient (Wildman–Crippen LogP) is 5.20. The summed E-state index contributed by atoms with van der Waals surface area (Å²) in [7, 11) is 0. The van der Waals surface area contributed by atoms with Crippen LogP contribution in [0.25, 0.3) is 6.08 Å². The van der Waals surface area contributed by atoms with Gasteiger partial charge in [0.2, 0.25) is 5.91 Å². The SMILES string of the molecule is C[C@]12CCC3c4ccc(F)cc4CCC3C1C/C(=C\c1cccc(C(N)=O)c1)O2. The van der Waals surface area contributed by atoms with Crippen molar-refractivity contribution in [2.75, 3.05) is 0 Å². The van der Waals surface area contributed by atoms with Gasteiger partial charge in [-0.3, -0.25) is 4.79 Å². The van der Waals surface area contributed by atoms with Crippen LogP contribution in [-0.4, -0.2) is 11.5 Å². The van der Waals surface area contributed by atoms with Gasteiger partial charge in [0.1, 0.15) is 11.4 Å². The first-order valence-corrected chi connectivity index (χ1v) is 10.5. The Morgan fingerprint density at radius 1 is 1.24 bits per heavy atom. The molecule has 5 rings (SSSR count). The zero-order valence-corrected chi connectivity index (χ0v) is 16.7. The molecule has 3 nitrogen and oxygen atoms in total. The van der Waals surface area contributed by atoms with E-state index in [0.29, 0.717) is 23.3 Å². The summed E-state index contributed by atoms with van der Waals surface area (Å²) in [5.74, 6) is 1.97. The van der Waals surface area contributed by atoms with Crippen LogP contribution in [0.4, 0.5) is 4.39 Å². The fourth-order valence-corrected chi connectivity index (χ4v) is 5.95. The van der Waals surface area contributed by atoms with E-state index < -0.39 is 5.91 Å². The number of halogens is 1. The summed E-state index contributed by atoms with van der Waals surface area (Å²) in [5, 5.41) is 0. The van der Waals surface area contributed by atoms with Crippen molar-refractivity contribution in [3.8, 4) is 0 Å². The normalized spacial score (nSPS) is 31.5. The molecular formula is C25H26FNO2. The highest BCUT2D eigenvalue weighted by molar-refractivity contribution is 5.93. The molecule has 150 valence electrons. The summed E-state index contributed by atoms with van der Waals surface area (Å²) in [6, 6.07) is 12.7. The minimum atomic E-state index is -0.418. The Kier molecular flexibility index (Phi) is 4.27. The molecule has 4 atom stereocenters. The summed E-state index contributed by atoms with van der Waals surface area (Å²) < 4.78 is 20.2. The van der Waals surface area contributed by atoms with Crippen LogP contribution in [0.1, 0.15) is 65.6 Å². The van der Waals surface area contributed by atoms with E-state index in [0.717, 1.165) is 43.4 Å². The Hall–Kier alpha value is -2.62. The van der Waals surface area contributed by atoms with Crippen LogP contribution in [0.15, 0.2) is 48.2 Å². The van der Waals surface area contributed by atoms with E-state index in [-0.39, 0.29) is 11.4 Å². The largest absolute Gasteiger partial charge is 0.492 e. The van der Waals surface area contributed by atoms with Crippen molar-refractivity contribution in [2.45, 2.75) is 50.5 Å². The third kappa shape index (κ3) is 3.15. The number of allylic oxidation sites excluding steroid dienone is 1. The third-order valence-corrected chi connectivity index (χ3v) is 7.31. The van der Waals surface area contributed by atoms with Crippen LogP contribution < -0.4 is 5.73 Å². The first-order valence-electron chi connectivity index (χ1n) is 10.5. The second-order valence-corrected chi connectivity index (χ2v) is 9.02. The van der Waals surface area contributed by atoms with Crippen molar-refractivity contribution in [2.24, 2.45) is 17.6 Å². The molecule has 4 heteroatoms. The quantitative estimate of drug-likeness (QED) is 0.765. The van der Waals surface area contributed by atoms with E-state index in [1.54, 1.807) is 18.2 Å². The highest BCUT2D eigenvalue weighted by atomic mass is 19.1. The lowest BCUT2D eigenvalue weighted by atomic mass is 9.58. The Morgan fingerprint density at radius 3 is 2.93 bits per heavy atom. The molecule has 1 saturated carbocycles. The van der Waals surface area contributed by atoms with Crippen molar-refractivity contribution in [1.82, 2.24) is 0 Å². The zero-order valence-electron chi connectivity index (χ0n) is 16.7. The molecule has 0 spiro atoms. The molecule has 29 heavy (non-hydrogen) atoms. The number of nitrogens with two attached hydrogens (primary N) is 1. The second kappa shape index (κ2) is 6.72. The molecule has 1 saturated heterocycles. The summed E-state index contributed by atoms with van der Waals surface area (Å²) in [4.78, 5) is 11.5. The van der Waals surface area contributed by atoms with E-state index in [2.05, 4.69) is 13.0 Å². The Bertz CT molecular complexity index is 1010. The van der Waals surface area contributed by atoms with Crippen molar-refractivity contribution in [3.63, 3.8) is 0 Å². The number of hydrogen-bond donors (Lipinski definition) is 1. The van der Waals surface area contributed by atoms with E-state index in [4.69, 9.17) is 10.5 Å². The topological polar surface area (TPSA) is 52.3 Å². The average Bonchev–Trinajstić information content (AvgIpc) is 3.03. The maximum atomic E-state index is 13.7. The van der Waals surface area contributed by atoms with Crippen LogP contribution in [0, 0.1) is 17.7 Å². The number of fused-ring (bicyclic) bond motifs is 5. The van der Waals surface area contributed by atoms with Crippen LogP contribution in [0.3, 0.4) is 0 Å². The molecule has 1 aliphatic heterocycles. The second-order valence-electron chi connectivity index (χ2n) is 9.02. The maximum Gasteiger partial charge on any atom is 0.248 e. The van der Waals surface area contributed by atoms with E-state index in [1.807, 2.05) is 24.3 Å². The number of ether oxygens (including phenoxy) is 1. The summed E-state index contributed by atoms with van der Waals surface area (Å²) >= 11 is 0. The number of carbonyl (C=O) groups excluding carboxylic acids is 1. The Labute approximate surface area is 170 Å². The van der Waals surface area contributed by atoms with Gasteiger partial charge < -0.3 is 10.5 Å². The lowest BCUT2D eigenvalue weighted by Crippen LogP contribution is -2.44. The van der Waals surface area contributed by atoms with E-state index in [1.165, 1.54) is 11.1 Å². The first kappa shape index (κ1) is 18.4. The molecule has 0 radical (unpaired) electrons. The molecule has 0 bridgehead atoms. The van der Waals surface area contributed by atoms with Gasteiger partial charge >= 0.3 is 0 Å². The van der Waals surface area contributed by atoms with E-state index in [9.17, 15) is 9.18 Å². The Balaban J connectivity index is 1.43. The van der Waals surface area contributed by atoms with Crippen molar-refractivity contribution >= 4 is 12.0 Å². The van der Waals surface area contributed by atoms with Crippen LogP contribution in [0.2, 0.25) is 0 Å². The number of carbonyl (C=O) groups is 1. The lowest BCUT2D eigenvalue weighted by molar-refractivity contribution is -0.0386. The molecule has 1 amide bonds. The zero-order chi connectivity index (χ0) is 20.2. The van der Waals surface area contributed by atoms with Gasteiger partial charge in [-0.1, -0.05) is 18.2 Å². The number of rotatable bonds is 2. The van der Waals surface area contributed by atoms with Gasteiger partial charge in [0.05, 0.1) is 5.76 Å². The predicted molar refractivity (Wildman–Crippen MR) is 111 cm³/mol. The number of primary amides is 1. The van der Waals surface area contributed by atoms with E-state index >= 15 is 0 Å². The van der Waals surface area contributed by atoms with Crippen LogP contribution >= 0.6 is 0 Å². The maximum absolute atomic E-state index is 13.7. The van der Waals surface area contributed by atoms with Gasteiger partial charge in [0.15, 0.2) is 0 Å². The van der Waals surface area contributed by atoms with Gasteiger partial charge in [-0.25, -0.2) is 4.39 Å². The van der Waals surface area contributed by atoms with Gasteiger partial charge in [0.25, 0.3) is 0 Å². The molecule has 2 aromatic rings. The summed E-state index contributed by atoms with van der Waals surface area (Å²) in [6.45, 7) is 2.24. The number of benzene rings is 2. The van der Waals surface area contributed by atoms with Crippen molar-refractivity contribution in [3.05, 3.63) is 76.3 Å². The fourth-order valence-electron chi connectivity index (χ4n) is 5.95. The molecule has 2 fully saturated rings. The van der Waals surface area contributed by atoms with Crippen LogP contribution in [0.5, 0.6) is 0 Å². The van der Waals surface area contributed by atoms with Gasteiger partial charge in [0, 0.05) is 17.9 Å². The number of aryl methyl sites for hydroxylation is 1. The first-order chi connectivity index (χ1) is 13.9. The minimum Gasteiger partial charge on any atom is -0.492 e. The fraction of sp³-hybridized carbons (Fsp3) is 0.400. The smallest absolute Gasteiger partial charge is 0.248 e. The van der Waals surface area contributed by atoms with Gasteiger partial charge in [-0.15, -0.1) is 0 Å². The Morgan fingerprint density at radius 2 is 2.10 bits per heavy atom. The lowest BCUT2D eigenvalue weighted by Gasteiger charge is -2.47. The number of hydrogen-bond acceptors (Lipinski definition) is 2. The molecular weight excluding hydrogens is 365 g/mol. The molecule has 1 heterocycles. The summed E-state index contributed by atoms with van der Waals surface area (Å²) in [5.41, 5.74) is 9.25. The highest BCUT2D eigenvalue weighted by Crippen LogP contribution is 2.57. The summed E-state index contributed by atoms with van der Waals surface area (Å²) in [6.07, 6.45) is 7.09. The van der Waals surface area contributed by atoms with Crippen LogP contribution in [-0.2, 0) is 11.2 Å². The standard InChI is InChI=1S/C25H26FNO2/c1-25-10-9-21-20-8-6-18(26)13-16(20)5-7-22(21)23(25)14-19(29-25)12-15-3-2-4-17(11-15)24(27)28/h2-4,6,8,11-13,21-23H,5,7,9-10,14H2,1H3,(H2,27,28)/b19-12+/t21?,22?,23?,25-/m0/s1. The minimum absolute atomic E-state index is 0.129. The third-order valence-electron chi connectivity index (χ3n) is 7.31. The van der Waals surface area contributed by atoms with Crippen molar-refractivity contribution in [1.29, 1.82) is 0 Å².